The number of morpholine rings is 1. The summed E-state index contributed by atoms with van der Waals surface area (Å²) in [5, 5.41) is 3.00. The predicted octanol–water partition coefficient (Wildman–Crippen LogP) is 1.64. The zero-order valence-corrected chi connectivity index (χ0v) is 18.6. The Labute approximate surface area is 169 Å². The summed E-state index contributed by atoms with van der Waals surface area (Å²) < 4.78 is 31.8. The van der Waals surface area contributed by atoms with Crippen LogP contribution in [0.3, 0.4) is 0 Å². The highest BCUT2D eigenvalue weighted by Gasteiger charge is 2.26. The lowest BCUT2D eigenvalue weighted by atomic mass is 10.0. The number of nitrogens with zero attached hydrogens (tertiary/aromatic N) is 2. The minimum atomic E-state index is -3.62. The Hall–Kier alpha value is -1.48. The molecule has 0 aliphatic carbocycles. The third-order valence-electron chi connectivity index (χ3n) is 5.40. The Kier molecular flexibility index (Phi) is 7.61. The Morgan fingerprint density at radius 3 is 2.36 bits per heavy atom. The second-order valence-corrected chi connectivity index (χ2v) is 9.99. The van der Waals surface area contributed by atoms with Gasteiger partial charge < -0.3 is 10.1 Å². The predicted molar refractivity (Wildman–Crippen MR) is 110 cm³/mol. The molecule has 158 valence electrons. The second kappa shape index (κ2) is 9.35. The molecule has 1 saturated heterocycles. The van der Waals surface area contributed by atoms with E-state index >= 15 is 0 Å². The summed E-state index contributed by atoms with van der Waals surface area (Å²) in [4.78, 5) is 15.3. The van der Waals surface area contributed by atoms with E-state index in [1.54, 1.807) is 13.0 Å². The van der Waals surface area contributed by atoms with Gasteiger partial charge in [-0.05, 0) is 43.0 Å². The number of hydrogen-bond donors (Lipinski definition) is 1. The molecular formula is C20H33N3O4S. The molecular weight excluding hydrogens is 378 g/mol. The standard InChI is InChI=1S/C20H33N3O4S/c1-14(2)18(23-7-9-27-10-8-23)13-21-20(24)17-11-15(3)16(4)19(12-17)28(25,26)22(5)6/h11-12,14,18H,7-10,13H2,1-6H3,(H,21,24)/t18-/m0/s1. The van der Waals surface area contributed by atoms with Crippen LogP contribution in [0.25, 0.3) is 0 Å². The van der Waals surface area contributed by atoms with Crippen molar-refractivity contribution < 1.29 is 17.9 Å². The highest BCUT2D eigenvalue weighted by Crippen LogP contribution is 2.23. The minimum Gasteiger partial charge on any atom is -0.379 e. The van der Waals surface area contributed by atoms with E-state index < -0.39 is 10.0 Å². The average Bonchev–Trinajstić information content (AvgIpc) is 2.64. The number of hydrogen-bond acceptors (Lipinski definition) is 5. The van der Waals surface area contributed by atoms with Crippen molar-refractivity contribution in [1.82, 2.24) is 14.5 Å². The van der Waals surface area contributed by atoms with Gasteiger partial charge in [0, 0.05) is 45.3 Å². The summed E-state index contributed by atoms with van der Waals surface area (Å²) in [5.41, 5.74) is 1.81. The van der Waals surface area contributed by atoms with Gasteiger partial charge in [-0.2, -0.15) is 0 Å². The van der Waals surface area contributed by atoms with Crippen molar-refractivity contribution in [2.75, 3.05) is 46.9 Å². The molecule has 0 radical (unpaired) electrons. The lowest BCUT2D eigenvalue weighted by Gasteiger charge is -2.36. The third-order valence-corrected chi connectivity index (χ3v) is 7.34. The van der Waals surface area contributed by atoms with Crippen molar-refractivity contribution >= 4 is 15.9 Å². The van der Waals surface area contributed by atoms with Crippen molar-refractivity contribution in [2.24, 2.45) is 5.92 Å². The maximum Gasteiger partial charge on any atom is 0.251 e. The molecule has 1 amide bonds. The van der Waals surface area contributed by atoms with Gasteiger partial charge in [-0.3, -0.25) is 9.69 Å². The molecule has 1 aromatic rings. The van der Waals surface area contributed by atoms with Crippen molar-refractivity contribution in [1.29, 1.82) is 0 Å². The van der Waals surface area contributed by atoms with E-state index in [0.29, 0.717) is 36.8 Å². The first-order chi connectivity index (χ1) is 13.1. The maximum absolute atomic E-state index is 12.8. The van der Waals surface area contributed by atoms with E-state index in [1.807, 2.05) is 6.92 Å². The SMILES string of the molecule is Cc1cc(C(=O)NC[C@@H](C(C)C)N2CCOCC2)cc(S(=O)(=O)N(C)C)c1C. The monoisotopic (exact) mass is 411 g/mol. The van der Waals surface area contributed by atoms with Gasteiger partial charge in [0.25, 0.3) is 5.91 Å². The molecule has 0 bridgehead atoms. The molecule has 1 N–H and O–H groups in total. The van der Waals surface area contributed by atoms with Crippen LogP contribution in [0.15, 0.2) is 17.0 Å². The van der Waals surface area contributed by atoms with Crippen LogP contribution in [0.5, 0.6) is 0 Å². The van der Waals surface area contributed by atoms with Crippen LogP contribution in [-0.2, 0) is 14.8 Å². The maximum atomic E-state index is 12.8. The number of carbonyl (C=O) groups is 1. The van der Waals surface area contributed by atoms with E-state index in [1.165, 1.54) is 24.5 Å². The molecule has 0 saturated carbocycles. The molecule has 1 aromatic carbocycles. The van der Waals surface area contributed by atoms with Gasteiger partial charge in [0.05, 0.1) is 18.1 Å². The molecule has 0 unspecified atom stereocenters. The quantitative estimate of drug-likeness (QED) is 0.738. The minimum absolute atomic E-state index is 0.177. The number of sulfonamides is 1. The van der Waals surface area contributed by atoms with Gasteiger partial charge in [0.2, 0.25) is 10.0 Å². The average molecular weight is 412 g/mol. The van der Waals surface area contributed by atoms with Crippen LogP contribution in [0.1, 0.15) is 35.3 Å². The van der Waals surface area contributed by atoms with E-state index in [9.17, 15) is 13.2 Å². The lowest BCUT2D eigenvalue weighted by Crippen LogP contribution is -2.51. The number of rotatable bonds is 7. The molecule has 1 heterocycles. The summed E-state index contributed by atoms with van der Waals surface area (Å²) in [5.74, 6) is 0.125. The van der Waals surface area contributed by atoms with Gasteiger partial charge >= 0.3 is 0 Å². The first-order valence-electron chi connectivity index (χ1n) is 9.69. The van der Waals surface area contributed by atoms with Gasteiger partial charge in [-0.25, -0.2) is 12.7 Å². The van der Waals surface area contributed by atoms with Crippen LogP contribution in [0, 0.1) is 19.8 Å². The summed E-state index contributed by atoms with van der Waals surface area (Å²) in [6, 6.07) is 3.44. The number of nitrogens with one attached hydrogen (secondary N) is 1. The number of ether oxygens (including phenoxy) is 1. The van der Waals surface area contributed by atoms with Crippen LogP contribution >= 0.6 is 0 Å². The summed E-state index contributed by atoms with van der Waals surface area (Å²) >= 11 is 0. The fourth-order valence-corrected chi connectivity index (χ4v) is 4.63. The Morgan fingerprint density at radius 2 is 1.82 bits per heavy atom. The lowest BCUT2D eigenvalue weighted by molar-refractivity contribution is 0.00672. The largest absolute Gasteiger partial charge is 0.379 e. The molecule has 1 aliphatic rings. The zero-order chi connectivity index (χ0) is 21.1. The first-order valence-corrected chi connectivity index (χ1v) is 11.1. The summed E-state index contributed by atoms with van der Waals surface area (Å²) in [6.45, 7) is 11.5. The third kappa shape index (κ3) is 5.11. The molecule has 7 nitrogen and oxygen atoms in total. The van der Waals surface area contributed by atoms with Crippen molar-refractivity contribution in [2.45, 2.75) is 38.6 Å². The van der Waals surface area contributed by atoms with Gasteiger partial charge in [-0.1, -0.05) is 13.8 Å². The molecule has 1 atom stereocenters. The molecule has 28 heavy (non-hydrogen) atoms. The van der Waals surface area contributed by atoms with E-state index in [2.05, 4.69) is 24.1 Å². The summed E-state index contributed by atoms with van der Waals surface area (Å²) in [7, 11) is -0.632. The van der Waals surface area contributed by atoms with E-state index in [0.717, 1.165) is 18.7 Å². The molecule has 0 aromatic heterocycles. The van der Waals surface area contributed by atoms with Crippen LogP contribution in [0.2, 0.25) is 0 Å². The fraction of sp³-hybridized carbons (Fsp3) is 0.650. The van der Waals surface area contributed by atoms with Crippen molar-refractivity contribution in [3.8, 4) is 0 Å². The fourth-order valence-electron chi connectivity index (χ4n) is 3.42. The van der Waals surface area contributed by atoms with Crippen molar-refractivity contribution in [3.05, 3.63) is 28.8 Å². The van der Waals surface area contributed by atoms with E-state index in [-0.39, 0.29) is 16.8 Å². The highest BCUT2D eigenvalue weighted by atomic mass is 32.2. The zero-order valence-electron chi connectivity index (χ0n) is 17.8. The molecule has 8 heteroatoms. The molecule has 2 rings (SSSR count). The number of benzene rings is 1. The number of carbonyl (C=O) groups excluding carboxylic acids is 1. The normalized spacial score (nSPS) is 17.1. The van der Waals surface area contributed by atoms with Crippen LogP contribution in [-0.4, -0.2) is 76.5 Å². The van der Waals surface area contributed by atoms with Crippen LogP contribution < -0.4 is 5.32 Å². The van der Waals surface area contributed by atoms with Gasteiger partial charge in [0.1, 0.15) is 0 Å². The Morgan fingerprint density at radius 1 is 1.21 bits per heavy atom. The van der Waals surface area contributed by atoms with E-state index in [4.69, 9.17) is 4.74 Å². The smallest absolute Gasteiger partial charge is 0.251 e. The topological polar surface area (TPSA) is 79.0 Å². The number of aryl methyl sites for hydroxylation is 1. The highest BCUT2D eigenvalue weighted by molar-refractivity contribution is 7.89. The molecule has 1 aliphatic heterocycles. The second-order valence-electron chi connectivity index (χ2n) is 7.87. The van der Waals surface area contributed by atoms with Gasteiger partial charge in [0.15, 0.2) is 0 Å². The Balaban J connectivity index is 2.20. The van der Waals surface area contributed by atoms with Gasteiger partial charge in [-0.15, -0.1) is 0 Å². The van der Waals surface area contributed by atoms with Crippen molar-refractivity contribution in [3.63, 3.8) is 0 Å². The molecule has 1 fully saturated rings. The van der Waals surface area contributed by atoms with Crippen LogP contribution in [0.4, 0.5) is 0 Å². The Bertz CT molecular complexity index is 800. The number of amides is 1. The first kappa shape index (κ1) is 22.8. The molecule has 0 spiro atoms. The summed E-state index contributed by atoms with van der Waals surface area (Å²) in [6.07, 6.45) is 0.